The average molecular weight is 235 g/mol. The van der Waals surface area contributed by atoms with E-state index in [9.17, 15) is 4.79 Å². The highest BCUT2D eigenvalue weighted by Crippen LogP contribution is 2.07. The first-order chi connectivity index (χ1) is 8.08. The second-order valence-corrected chi connectivity index (χ2v) is 3.95. The van der Waals surface area contributed by atoms with E-state index in [2.05, 4.69) is 15.1 Å². The number of rotatable bonds is 4. The molecule has 0 unspecified atom stereocenters. The van der Waals surface area contributed by atoms with Crippen LogP contribution in [0.2, 0.25) is 0 Å². The number of nitrogens with zero attached hydrogens (tertiary/aromatic N) is 5. The molecule has 17 heavy (non-hydrogen) atoms. The van der Waals surface area contributed by atoms with Gasteiger partial charge in [0.1, 0.15) is 12.2 Å². The molecule has 0 aromatic carbocycles. The Labute approximate surface area is 97.7 Å². The van der Waals surface area contributed by atoms with Crippen molar-refractivity contribution in [2.24, 2.45) is 0 Å². The molecular formula is C10H13N5O2. The van der Waals surface area contributed by atoms with E-state index in [4.69, 9.17) is 5.11 Å². The normalized spacial score (nSPS) is 11.0. The van der Waals surface area contributed by atoms with E-state index >= 15 is 0 Å². The summed E-state index contributed by atoms with van der Waals surface area (Å²) in [5.41, 5.74) is 0.0283. The van der Waals surface area contributed by atoms with Crippen molar-refractivity contribution in [2.75, 3.05) is 0 Å². The number of imidazole rings is 1. The number of hydrogen-bond acceptors (Lipinski definition) is 4. The smallest absolute Gasteiger partial charge is 0.356 e. The molecule has 0 saturated carbocycles. The van der Waals surface area contributed by atoms with Gasteiger partial charge in [-0.1, -0.05) is 0 Å². The Balaban J connectivity index is 2.19. The summed E-state index contributed by atoms with van der Waals surface area (Å²) in [6.45, 7) is 4.47. The van der Waals surface area contributed by atoms with Crippen molar-refractivity contribution < 1.29 is 9.90 Å². The van der Waals surface area contributed by atoms with Crippen LogP contribution in [0.25, 0.3) is 0 Å². The maximum atomic E-state index is 10.7. The highest BCUT2D eigenvalue weighted by atomic mass is 16.4. The summed E-state index contributed by atoms with van der Waals surface area (Å²) in [7, 11) is 0. The maximum absolute atomic E-state index is 10.7. The van der Waals surface area contributed by atoms with Crippen molar-refractivity contribution in [3.8, 4) is 0 Å². The minimum Gasteiger partial charge on any atom is -0.476 e. The van der Waals surface area contributed by atoms with Crippen LogP contribution in [-0.4, -0.2) is 35.4 Å². The Morgan fingerprint density at radius 1 is 1.47 bits per heavy atom. The van der Waals surface area contributed by atoms with Gasteiger partial charge in [0.25, 0.3) is 0 Å². The Hall–Kier alpha value is -2.18. The number of carbonyl (C=O) groups is 1. The molecule has 0 aliphatic carbocycles. The van der Waals surface area contributed by atoms with Crippen LogP contribution in [0.1, 0.15) is 36.2 Å². The summed E-state index contributed by atoms with van der Waals surface area (Å²) in [4.78, 5) is 18.6. The molecule has 0 amide bonds. The van der Waals surface area contributed by atoms with E-state index in [1.807, 2.05) is 13.8 Å². The fourth-order valence-electron chi connectivity index (χ4n) is 1.54. The molecule has 0 aliphatic heterocycles. The van der Waals surface area contributed by atoms with Crippen molar-refractivity contribution in [3.05, 3.63) is 30.4 Å². The van der Waals surface area contributed by atoms with E-state index in [1.165, 1.54) is 18.9 Å². The summed E-state index contributed by atoms with van der Waals surface area (Å²) in [5.74, 6) is -0.261. The van der Waals surface area contributed by atoms with Crippen LogP contribution in [0.3, 0.4) is 0 Å². The molecule has 0 atom stereocenters. The van der Waals surface area contributed by atoms with Crippen molar-refractivity contribution in [3.63, 3.8) is 0 Å². The molecule has 7 nitrogen and oxygen atoms in total. The van der Waals surface area contributed by atoms with Crippen LogP contribution in [-0.2, 0) is 6.54 Å². The molecule has 2 aromatic heterocycles. The summed E-state index contributed by atoms with van der Waals surface area (Å²) in [6.07, 6.45) is 4.44. The second-order valence-electron chi connectivity index (χ2n) is 3.95. The molecule has 7 heteroatoms. The lowest BCUT2D eigenvalue weighted by Gasteiger charge is -2.09. The van der Waals surface area contributed by atoms with E-state index in [-0.39, 0.29) is 11.7 Å². The fraction of sp³-hybridized carbons (Fsp3) is 0.400. The predicted octanol–water partition coefficient (Wildman–Crippen LogP) is 0.802. The summed E-state index contributed by atoms with van der Waals surface area (Å²) in [6, 6.07) is 0.218. The van der Waals surface area contributed by atoms with Crippen LogP contribution in [0.15, 0.2) is 18.9 Å². The van der Waals surface area contributed by atoms with Gasteiger partial charge in [0.05, 0.1) is 12.9 Å². The van der Waals surface area contributed by atoms with E-state index in [1.54, 1.807) is 9.25 Å². The van der Waals surface area contributed by atoms with Gasteiger partial charge in [-0.15, -0.1) is 0 Å². The standard InChI is InChI=1S/C10H13N5O2/c1-7(2)15-9(11-5-13-15)4-14-3-8(10(16)17)12-6-14/h3,5-7H,4H2,1-2H3,(H,16,17). The first-order valence-electron chi connectivity index (χ1n) is 5.21. The Bertz CT molecular complexity index is 528. The van der Waals surface area contributed by atoms with E-state index in [0.29, 0.717) is 6.54 Å². The lowest BCUT2D eigenvalue weighted by atomic mass is 10.4. The van der Waals surface area contributed by atoms with Crippen LogP contribution in [0, 0.1) is 0 Å². The number of carboxylic acid groups (broad SMARTS) is 1. The minimum atomic E-state index is -1.03. The second kappa shape index (κ2) is 4.36. The molecule has 0 bridgehead atoms. The van der Waals surface area contributed by atoms with Crippen molar-refractivity contribution in [1.82, 2.24) is 24.3 Å². The third-order valence-electron chi connectivity index (χ3n) is 2.31. The zero-order valence-electron chi connectivity index (χ0n) is 9.61. The largest absolute Gasteiger partial charge is 0.476 e. The highest BCUT2D eigenvalue weighted by Gasteiger charge is 2.10. The lowest BCUT2D eigenvalue weighted by molar-refractivity contribution is 0.0691. The van der Waals surface area contributed by atoms with Crippen molar-refractivity contribution in [2.45, 2.75) is 26.4 Å². The number of aromatic nitrogens is 5. The van der Waals surface area contributed by atoms with Gasteiger partial charge in [-0.05, 0) is 13.8 Å². The van der Waals surface area contributed by atoms with Gasteiger partial charge in [-0.3, -0.25) is 0 Å². The maximum Gasteiger partial charge on any atom is 0.356 e. The minimum absolute atomic E-state index is 0.0283. The van der Waals surface area contributed by atoms with Gasteiger partial charge in [0.15, 0.2) is 5.69 Å². The van der Waals surface area contributed by atoms with Gasteiger partial charge < -0.3 is 9.67 Å². The van der Waals surface area contributed by atoms with Crippen molar-refractivity contribution in [1.29, 1.82) is 0 Å². The van der Waals surface area contributed by atoms with Gasteiger partial charge in [0, 0.05) is 12.2 Å². The molecule has 0 aliphatic rings. The summed E-state index contributed by atoms with van der Waals surface area (Å²) >= 11 is 0. The molecule has 0 saturated heterocycles. The third kappa shape index (κ3) is 2.32. The summed E-state index contributed by atoms with van der Waals surface area (Å²) < 4.78 is 3.47. The van der Waals surface area contributed by atoms with Gasteiger partial charge >= 0.3 is 5.97 Å². The van der Waals surface area contributed by atoms with Gasteiger partial charge in [-0.2, -0.15) is 5.10 Å². The van der Waals surface area contributed by atoms with Gasteiger partial charge in [0.2, 0.25) is 0 Å². The third-order valence-corrected chi connectivity index (χ3v) is 2.31. The molecule has 2 rings (SSSR count). The quantitative estimate of drug-likeness (QED) is 0.847. The first-order valence-corrected chi connectivity index (χ1v) is 5.21. The zero-order valence-corrected chi connectivity index (χ0v) is 9.61. The fourth-order valence-corrected chi connectivity index (χ4v) is 1.54. The van der Waals surface area contributed by atoms with E-state index < -0.39 is 5.97 Å². The Morgan fingerprint density at radius 2 is 2.24 bits per heavy atom. The molecule has 2 aromatic rings. The van der Waals surface area contributed by atoms with Crippen LogP contribution < -0.4 is 0 Å². The van der Waals surface area contributed by atoms with Crippen molar-refractivity contribution >= 4 is 5.97 Å². The van der Waals surface area contributed by atoms with Crippen LogP contribution in [0.5, 0.6) is 0 Å². The summed E-state index contributed by atoms with van der Waals surface area (Å²) in [5, 5.41) is 12.9. The molecule has 2 heterocycles. The van der Waals surface area contributed by atoms with Gasteiger partial charge in [-0.25, -0.2) is 19.4 Å². The molecule has 90 valence electrons. The van der Waals surface area contributed by atoms with Crippen LogP contribution in [0.4, 0.5) is 0 Å². The molecule has 0 radical (unpaired) electrons. The number of carboxylic acids is 1. The molecule has 0 fully saturated rings. The average Bonchev–Trinajstić information content (AvgIpc) is 2.86. The SMILES string of the molecule is CC(C)n1ncnc1Cn1cnc(C(=O)O)c1. The monoisotopic (exact) mass is 235 g/mol. The Morgan fingerprint density at radius 3 is 2.82 bits per heavy atom. The number of hydrogen-bond donors (Lipinski definition) is 1. The predicted molar refractivity (Wildman–Crippen MR) is 58.7 cm³/mol. The topological polar surface area (TPSA) is 85.8 Å². The zero-order chi connectivity index (χ0) is 12.4. The molecule has 1 N–H and O–H groups in total. The highest BCUT2D eigenvalue weighted by molar-refractivity contribution is 5.84. The molecular weight excluding hydrogens is 222 g/mol. The van der Waals surface area contributed by atoms with E-state index in [0.717, 1.165) is 5.82 Å². The number of aromatic carboxylic acids is 1. The lowest BCUT2D eigenvalue weighted by Crippen LogP contribution is -2.11. The first kappa shape index (κ1) is 11.3. The molecule has 0 spiro atoms. The Kier molecular flexibility index (Phi) is 2.90. The van der Waals surface area contributed by atoms with Crippen LogP contribution >= 0.6 is 0 Å².